The van der Waals surface area contributed by atoms with E-state index in [4.69, 9.17) is 4.74 Å². The van der Waals surface area contributed by atoms with Crippen molar-refractivity contribution in [3.63, 3.8) is 0 Å². The minimum atomic E-state index is 0.0685. The maximum atomic E-state index is 11.7. The Balaban J connectivity index is 1.67. The largest absolute Gasteiger partial charge is 0.465 e. The number of carbonyl (C=O) groups excluding carboxylic acids is 1. The molecule has 0 aliphatic heterocycles. The second kappa shape index (κ2) is 4.54. The average molecular weight is 210 g/mol. The summed E-state index contributed by atoms with van der Waals surface area (Å²) in [5.41, 5.74) is 0.681. The summed E-state index contributed by atoms with van der Waals surface area (Å²) in [5, 5.41) is 0. The summed E-state index contributed by atoms with van der Waals surface area (Å²) in [6, 6.07) is 0. The lowest BCUT2D eigenvalue weighted by Crippen LogP contribution is -2.24. The monoisotopic (exact) mass is 210 g/mol. The summed E-state index contributed by atoms with van der Waals surface area (Å²) in [5.74, 6) is 0.284. The molecule has 1 spiro atoms. The molecule has 0 radical (unpaired) electrons. The van der Waals surface area contributed by atoms with Crippen LogP contribution in [0.1, 0.15) is 58.3 Å². The van der Waals surface area contributed by atoms with Crippen LogP contribution in [0.4, 0.5) is 0 Å². The fourth-order valence-electron chi connectivity index (χ4n) is 2.58. The third kappa shape index (κ3) is 2.73. The fourth-order valence-corrected chi connectivity index (χ4v) is 2.58. The van der Waals surface area contributed by atoms with Crippen LogP contribution in [-0.4, -0.2) is 12.6 Å². The fraction of sp³-hybridized carbons (Fsp3) is 0.923. The molecule has 2 saturated carbocycles. The van der Waals surface area contributed by atoms with Crippen LogP contribution < -0.4 is 0 Å². The van der Waals surface area contributed by atoms with Crippen LogP contribution in [0.5, 0.6) is 0 Å². The van der Waals surface area contributed by atoms with Crippen LogP contribution in [-0.2, 0) is 9.53 Å². The van der Waals surface area contributed by atoms with Gasteiger partial charge in [-0.2, -0.15) is 0 Å². The van der Waals surface area contributed by atoms with Crippen LogP contribution in [0.15, 0.2) is 0 Å². The first kappa shape index (κ1) is 11.0. The molecule has 0 aromatic carbocycles. The lowest BCUT2D eigenvalue weighted by atomic mass is 9.80. The molecule has 0 aromatic rings. The Kier molecular flexibility index (Phi) is 3.32. The van der Waals surface area contributed by atoms with E-state index in [2.05, 4.69) is 6.92 Å². The highest BCUT2D eigenvalue weighted by molar-refractivity contribution is 5.72. The quantitative estimate of drug-likeness (QED) is 0.525. The van der Waals surface area contributed by atoms with Crippen molar-refractivity contribution in [2.45, 2.75) is 58.3 Å². The highest BCUT2D eigenvalue weighted by Gasteiger charge is 2.46. The molecule has 2 aliphatic rings. The van der Waals surface area contributed by atoms with E-state index in [-0.39, 0.29) is 11.9 Å². The average Bonchev–Trinajstić information content (AvgIpc) is 2.99. The summed E-state index contributed by atoms with van der Waals surface area (Å²) in [4.78, 5) is 11.7. The molecule has 2 rings (SSSR count). The van der Waals surface area contributed by atoms with E-state index in [1.54, 1.807) is 0 Å². The number of rotatable bonds is 4. The van der Waals surface area contributed by atoms with Gasteiger partial charge in [-0.05, 0) is 50.4 Å². The maximum Gasteiger partial charge on any atom is 0.308 e. The van der Waals surface area contributed by atoms with E-state index in [0.717, 1.165) is 25.7 Å². The zero-order chi connectivity index (χ0) is 10.7. The van der Waals surface area contributed by atoms with Gasteiger partial charge in [0.2, 0.25) is 0 Å². The Morgan fingerprint density at radius 1 is 1.27 bits per heavy atom. The second-order valence-corrected chi connectivity index (χ2v) is 5.30. The Hall–Kier alpha value is -0.530. The van der Waals surface area contributed by atoms with Crippen LogP contribution in [0.2, 0.25) is 0 Å². The molecule has 0 unspecified atom stereocenters. The molecular formula is C13H22O2. The van der Waals surface area contributed by atoms with E-state index in [1.807, 2.05) is 0 Å². The molecule has 0 N–H and O–H groups in total. The lowest BCUT2D eigenvalue weighted by molar-refractivity contribution is -0.150. The first-order chi connectivity index (χ1) is 7.26. The molecule has 0 bridgehead atoms. The van der Waals surface area contributed by atoms with Crippen LogP contribution in [0.3, 0.4) is 0 Å². The van der Waals surface area contributed by atoms with Gasteiger partial charge in [0.15, 0.2) is 0 Å². The molecule has 15 heavy (non-hydrogen) atoms. The number of carbonyl (C=O) groups is 1. The van der Waals surface area contributed by atoms with Crippen molar-refractivity contribution in [3.8, 4) is 0 Å². The van der Waals surface area contributed by atoms with Gasteiger partial charge in [-0.15, -0.1) is 0 Å². The van der Waals surface area contributed by atoms with E-state index >= 15 is 0 Å². The van der Waals surface area contributed by atoms with Gasteiger partial charge in [0, 0.05) is 0 Å². The van der Waals surface area contributed by atoms with E-state index in [1.165, 1.54) is 25.7 Å². The standard InChI is InChI=1S/C13H22O2/c1-2-3-10-15-12(14)11-4-6-13(7-5-11)8-9-13/h11H,2-10H2,1H3. The van der Waals surface area contributed by atoms with Gasteiger partial charge in [-0.3, -0.25) is 4.79 Å². The van der Waals surface area contributed by atoms with Crippen LogP contribution in [0.25, 0.3) is 0 Å². The lowest BCUT2D eigenvalue weighted by Gasteiger charge is -2.26. The molecule has 2 nitrogen and oxygen atoms in total. The predicted octanol–water partition coefficient (Wildman–Crippen LogP) is 3.30. The summed E-state index contributed by atoms with van der Waals surface area (Å²) < 4.78 is 5.27. The zero-order valence-electron chi connectivity index (χ0n) is 9.76. The third-order valence-electron chi connectivity index (χ3n) is 4.08. The van der Waals surface area contributed by atoms with E-state index < -0.39 is 0 Å². The number of ether oxygens (including phenoxy) is 1. The first-order valence-corrected chi connectivity index (χ1v) is 6.42. The predicted molar refractivity (Wildman–Crippen MR) is 59.5 cm³/mol. The van der Waals surface area contributed by atoms with Gasteiger partial charge in [0.1, 0.15) is 0 Å². The number of hydrogen-bond donors (Lipinski definition) is 0. The second-order valence-electron chi connectivity index (χ2n) is 5.30. The smallest absolute Gasteiger partial charge is 0.308 e. The summed E-state index contributed by atoms with van der Waals surface area (Å²) in [6.07, 6.45) is 9.59. The number of unbranched alkanes of at least 4 members (excludes halogenated alkanes) is 1. The van der Waals surface area contributed by atoms with Crippen molar-refractivity contribution in [1.29, 1.82) is 0 Å². The summed E-state index contributed by atoms with van der Waals surface area (Å²) >= 11 is 0. The maximum absolute atomic E-state index is 11.7. The van der Waals surface area contributed by atoms with Gasteiger partial charge < -0.3 is 4.74 Å². The molecule has 0 saturated heterocycles. The van der Waals surface area contributed by atoms with Crippen molar-refractivity contribution >= 4 is 5.97 Å². The van der Waals surface area contributed by atoms with Crippen molar-refractivity contribution < 1.29 is 9.53 Å². The summed E-state index contributed by atoms with van der Waals surface area (Å²) in [7, 11) is 0. The highest BCUT2D eigenvalue weighted by atomic mass is 16.5. The molecule has 86 valence electrons. The van der Waals surface area contributed by atoms with Crippen molar-refractivity contribution in [1.82, 2.24) is 0 Å². The van der Waals surface area contributed by atoms with E-state index in [0.29, 0.717) is 12.0 Å². The molecule has 0 heterocycles. The molecule has 2 heteroatoms. The third-order valence-corrected chi connectivity index (χ3v) is 4.08. The SMILES string of the molecule is CCCCOC(=O)C1CCC2(CC1)CC2. The van der Waals surface area contributed by atoms with Gasteiger partial charge >= 0.3 is 5.97 Å². The normalized spacial score (nSPS) is 24.1. The molecular weight excluding hydrogens is 188 g/mol. The number of hydrogen-bond acceptors (Lipinski definition) is 2. The number of esters is 1. The van der Waals surface area contributed by atoms with Crippen molar-refractivity contribution in [2.75, 3.05) is 6.61 Å². The molecule has 2 fully saturated rings. The highest BCUT2D eigenvalue weighted by Crippen LogP contribution is 2.57. The topological polar surface area (TPSA) is 26.3 Å². The van der Waals surface area contributed by atoms with Gasteiger partial charge in [-0.25, -0.2) is 0 Å². The molecule has 2 aliphatic carbocycles. The minimum Gasteiger partial charge on any atom is -0.465 e. The van der Waals surface area contributed by atoms with Gasteiger partial charge in [0.25, 0.3) is 0 Å². The first-order valence-electron chi connectivity index (χ1n) is 6.42. The van der Waals surface area contributed by atoms with Crippen molar-refractivity contribution in [3.05, 3.63) is 0 Å². The Labute approximate surface area is 92.4 Å². The van der Waals surface area contributed by atoms with Gasteiger partial charge in [0.05, 0.1) is 12.5 Å². The summed E-state index contributed by atoms with van der Waals surface area (Å²) in [6.45, 7) is 2.74. The van der Waals surface area contributed by atoms with Gasteiger partial charge in [-0.1, -0.05) is 13.3 Å². The zero-order valence-corrected chi connectivity index (χ0v) is 9.76. The Bertz CT molecular complexity index is 221. The molecule has 0 amide bonds. The van der Waals surface area contributed by atoms with Crippen LogP contribution in [0, 0.1) is 11.3 Å². The molecule has 0 atom stereocenters. The van der Waals surface area contributed by atoms with Crippen LogP contribution >= 0.6 is 0 Å². The molecule has 0 aromatic heterocycles. The Morgan fingerprint density at radius 3 is 2.47 bits per heavy atom. The van der Waals surface area contributed by atoms with Crippen molar-refractivity contribution in [2.24, 2.45) is 11.3 Å². The van der Waals surface area contributed by atoms with E-state index in [9.17, 15) is 4.79 Å². The minimum absolute atomic E-state index is 0.0685. The Morgan fingerprint density at radius 2 is 1.93 bits per heavy atom.